The van der Waals surface area contributed by atoms with Crippen molar-refractivity contribution in [2.45, 2.75) is 38.0 Å². The van der Waals surface area contributed by atoms with E-state index >= 15 is 0 Å². The van der Waals surface area contributed by atoms with Crippen molar-refractivity contribution in [1.29, 1.82) is 0 Å². The molecule has 2 N–H and O–H groups in total. The molecule has 1 unspecified atom stereocenters. The normalized spacial score (nSPS) is 25.8. The maximum atomic E-state index is 9.26. The molecule has 2 heterocycles. The second-order valence-corrected chi connectivity index (χ2v) is 5.73. The molecule has 1 atom stereocenters. The number of hydrogen-bond donors (Lipinski definition) is 2. The van der Waals surface area contributed by atoms with Crippen LogP contribution in [0.25, 0.3) is 10.2 Å². The molecule has 2 aromatic heterocycles. The fourth-order valence-electron chi connectivity index (χ4n) is 2.27. The highest BCUT2D eigenvalue weighted by Gasteiger charge is 2.28. The van der Waals surface area contributed by atoms with Crippen LogP contribution in [-0.4, -0.2) is 22.2 Å². The summed E-state index contributed by atoms with van der Waals surface area (Å²) in [5.74, 6) is 0. The molecule has 0 saturated heterocycles. The summed E-state index contributed by atoms with van der Waals surface area (Å²) in [7, 11) is 0. The summed E-state index contributed by atoms with van der Waals surface area (Å²) in [4.78, 5) is 4.45. The number of rotatable bonds is 3. The molecule has 1 saturated carbocycles. The van der Waals surface area contributed by atoms with Gasteiger partial charge in [-0.15, -0.1) is 11.3 Å². The average Bonchev–Trinajstić information content (AvgIpc) is 2.73. The smallest absolute Gasteiger partial charge is 0.0809 e. The van der Waals surface area contributed by atoms with Crippen molar-refractivity contribution in [2.24, 2.45) is 0 Å². The van der Waals surface area contributed by atoms with Gasteiger partial charge in [0, 0.05) is 18.3 Å². The van der Waals surface area contributed by atoms with E-state index < -0.39 is 0 Å². The van der Waals surface area contributed by atoms with Gasteiger partial charge in [0.1, 0.15) is 0 Å². The van der Waals surface area contributed by atoms with E-state index in [0.29, 0.717) is 12.1 Å². The van der Waals surface area contributed by atoms with Gasteiger partial charge in [-0.05, 0) is 42.8 Å². The number of pyridine rings is 1. The molecule has 0 aromatic carbocycles. The van der Waals surface area contributed by atoms with E-state index in [4.69, 9.17) is 0 Å². The number of nitrogens with one attached hydrogen (secondary N) is 1. The quantitative estimate of drug-likeness (QED) is 0.877. The Morgan fingerprint density at radius 2 is 2.35 bits per heavy atom. The molecule has 0 aliphatic heterocycles. The molecule has 0 radical (unpaired) electrons. The van der Waals surface area contributed by atoms with Crippen molar-refractivity contribution >= 4 is 21.6 Å². The maximum absolute atomic E-state index is 9.26. The zero-order chi connectivity index (χ0) is 11.8. The summed E-state index contributed by atoms with van der Waals surface area (Å²) < 4.78 is 1.24. The van der Waals surface area contributed by atoms with E-state index in [-0.39, 0.29) is 6.10 Å². The van der Waals surface area contributed by atoms with Crippen LogP contribution in [0.4, 0.5) is 0 Å². The van der Waals surface area contributed by atoms with Crippen LogP contribution in [0.15, 0.2) is 23.7 Å². The predicted octanol–water partition coefficient (Wildman–Crippen LogP) is 2.47. The van der Waals surface area contributed by atoms with Crippen molar-refractivity contribution in [2.75, 3.05) is 0 Å². The Balaban J connectivity index is 1.73. The minimum atomic E-state index is -0.0994. The molecule has 90 valence electrons. The molecule has 1 aliphatic carbocycles. The fourth-order valence-corrected chi connectivity index (χ4v) is 3.06. The molecule has 0 bridgehead atoms. The number of hydrogen-bond acceptors (Lipinski definition) is 4. The molecule has 17 heavy (non-hydrogen) atoms. The first-order valence-corrected chi connectivity index (χ1v) is 6.87. The molecule has 0 amide bonds. The molecule has 0 spiro atoms. The van der Waals surface area contributed by atoms with E-state index in [1.807, 2.05) is 12.3 Å². The SMILES string of the molecule is CC(NC1CC(O)C1)c1cnc2ccsc2c1. The Bertz CT molecular complexity index is 519. The van der Waals surface area contributed by atoms with Crippen LogP contribution >= 0.6 is 11.3 Å². The Labute approximate surface area is 105 Å². The largest absolute Gasteiger partial charge is 0.393 e. The highest BCUT2D eigenvalue weighted by Crippen LogP contribution is 2.26. The summed E-state index contributed by atoms with van der Waals surface area (Å²) in [6.45, 7) is 2.15. The zero-order valence-electron chi connectivity index (χ0n) is 9.76. The summed E-state index contributed by atoms with van der Waals surface area (Å²) >= 11 is 1.73. The van der Waals surface area contributed by atoms with Crippen LogP contribution < -0.4 is 5.32 Å². The summed E-state index contributed by atoms with van der Waals surface area (Å²) in [5.41, 5.74) is 2.30. The first-order chi connectivity index (χ1) is 8.22. The van der Waals surface area contributed by atoms with Gasteiger partial charge in [0.05, 0.1) is 16.3 Å². The lowest BCUT2D eigenvalue weighted by Gasteiger charge is -2.34. The summed E-state index contributed by atoms with van der Waals surface area (Å²) in [6, 6.07) is 5.01. The highest BCUT2D eigenvalue weighted by molar-refractivity contribution is 7.17. The number of aromatic nitrogens is 1. The van der Waals surface area contributed by atoms with Gasteiger partial charge in [0.2, 0.25) is 0 Å². The van der Waals surface area contributed by atoms with Gasteiger partial charge in [-0.3, -0.25) is 4.98 Å². The van der Waals surface area contributed by atoms with Gasteiger partial charge in [-0.2, -0.15) is 0 Å². The standard InChI is InChI=1S/C13H16N2OS/c1-8(15-10-5-11(16)6-10)9-4-13-12(14-7-9)2-3-17-13/h2-4,7-8,10-11,15-16H,5-6H2,1H3. The van der Waals surface area contributed by atoms with Crippen molar-refractivity contribution in [3.63, 3.8) is 0 Å². The topological polar surface area (TPSA) is 45.1 Å². The Kier molecular flexibility index (Phi) is 2.86. The number of nitrogens with zero attached hydrogens (tertiary/aromatic N) is 1. The van der Waals surface area contributed by atoms with Gasteiger partial charge in [-0.25, -0.2) is 0 Å². The fraction of sp³-hybridized carbons (Fsp3) is 0.462. The van der Waals surface area contributed by atoms with Gasteiger partial charge >= 0.3 is 0 Å². The molecule has 2 aromatic rings. The van der Waals surface area contributed by atoms with E-state index in [9.17, 15) is 5.11 Å². The third-order valence-corrected chi connectivity index (χ3v) is 4.28. The number of aliphatic hydroxyl groups is 1. The number of thiophene rings is 1. The third-order valence-electron chi connectivity index (χ3n) is 3.42. The molecule has 1 fully saturated rings. The van der Waals surface area contributed by atoms with Crippen LogP contribution in [-0.2, 0) is 0 Å². The lowest BCUT2D eigenvalue weighted by Crippen LogP contribution is -2.45. The molecular weight excluding hydrogens is 232 g/mol. The monoisotopic (exact) mass is 248 g/mol. The minimum Gasteiger partial charge on any atom is -0.393 e. The Hall–Kier alpha value is -0.970. The van der Waals surface area contributed by atoms with Gasteiger partial charge < -0.3 is 10.4 Å². The van der Waals surface area contributed by atoms with E-state index in [1.165, 1.54) is 10.3 Å². The molecule has 1 aliphatic rings. The second-order valence-electron chi connectivity index (χ2n) is 4.78. The van der Waals surface area contributed by atoms with Crippen LogP contribution in [0.2, 0.25) is 0 Å². The van der Waals surface area contributed by atoms with Gasteiger partial charge in [0.25, 0.3) is 0 Å². The first-order valence-electron chi connectivity index (χ1n) is 5.99. The van der Waals surface area contributed by atoms with Crippen molar-refractivity contribution in [3.8, 4) is 0 Å². The van der Waals surface area contributed by atoms with E-state index in [2.05, 4.69) is 28.7 Å². The molecule has 3 rings (SSSR count). The lowest BCUT2D eigenvalue weighted by molar-refractivity contribution is 0.0586. The van der Waals surface area contributed by atoms with E-state index in [0.717, 1.165) is 18.4 Å². The molecule has 3 nitrogen and oxygen atoms in total. The highest BCUT2D eigenvalue weighted by atomic mass is 32.1. The van der Waals surface area contributed by atoms with Crippen molar-refractivity contribution < 1.29 is 5.11 Å². The first kappa shape index (κ1) is 11.1. The minimum absolute atomic E-state index is 0.0994. The maximum Gasteiger partial charge on any atom is 0.0809 e. The number of aliphatic hydroxyl groups excluding tert-OH is 1. The summed E-state index contributed by atoms with van der Waals surface area (Å²) in [5, 5.41) is 14.9. The van der Waals surface area contributed by atoms with Gasteiger partial charge in [0.15, 0.2) is 0 Å². The van der Waals surface area contributed by atoms with Crippen molar-refractivity contribution in [1.82, 2.24) is 10.3 Å². The predicted molar refractivity (Wildman–Crippen MR) is 70.2 cm³/mol. The Morgan fingerprint density at radius 1 is 1.53 bits per heavy atom. The van der Waals surface area contributed by atoms with Crippen LogP contribution in [0, 0.1) is 0 Å². The van der Waals surface area contributed by atoms with Crippen molar-refractivity contribution in [3.05, 3.63) is 29.3 Å². The van der Waals surface area contributed by atoms with E-state index in [1.54, 1.807) is 11.3 Å². The summed E-state index contributed by atoms with van der Waals surface area (Å²) in [6.07, 6.45) is 3.59. The lowest BCUT2D eigenvalue weighted by atomic mass is 9.88. The Morgan fingerprint density at radius 3 is 3.12 bits per heavy atom. The zero-order valence-corrected chi connectivity index (χ0v) is 10.6. The molecule has 4 heteroatoms. The number of fused-ring (bicyclic) bond motifs is 1. The van der Waals surface area contributed by atoms with Crippen LogP contribution in [0.1, 0.15) is 31.4 Å². The molecular formula is C13H16N2OS. The van der Waals surface area contributed by atoms with Crippen LogP contribution in [0.3, 0.4) is 0 Å². The average molecular weight is 248 g/mol. The third kappa shape index (κ3) is 2.20. The second kappa shape index (κ2) is 4.37. The van der Waals surface area contributed by atoms with Crippen LogP contribution in [0.5, 0.6) is 0 Å². The van der Waals surface area contributed by atoms with Gasteiger partial charge in [-0.1, -0.05) is 0 Å².